The highest BCUT2D eigenvalue weighted by Crippen LogP contribution is 2.42. The van der Waals surface area contributed by atoms with Crippen molar-refractivity contribution in [3.8, 4) is 0 Å². The first-order chi connectivity index (χ1) is 12.0. The summed E-state index contributed by atoms with van der Waals surface area (Å²) in [6.45, 7) is 1.80. The fourth-order valence-electron chi connectivity index (χ4n) is 3.97. The van der Waals surface area contributed by atoms with Gasteiger partial charge in [0, 0.05) is 30.8 Å². The Morgan fingerprint density at radius 2 is 1.84 bits per heavy atom. The molecule has 1 spiro atoms. The zero-order valence-electron chi connectivity index (χ0n) is 14.0. The predicted molar refractivity (Wildman–Crippen MR) is 99.1 cm³/mol. The molecule has 1 amide bonds. The molecule has 4 rings (SSSR count). The number of hydrogen-bond donors (Lipinski definition) is 1. The molecule has 0 atom stereocenters. The Balaban J connectivity index is 1.52. The van der Waals surface area contributed by atoms with Crippen LogP contribution in [0.1, 0.15) is 32.1 Å². The molecule has 3 heterocycles. The number of nitrogens with zero attached hydrogens (tertiary/aromatic N) is 1. The Kier molecular flexibility index (Phi) is 4.33. The fourth-order valence-corrected chi connectivity index (χ4v) is 6.97. The second-order valence-corrected chi connectivity index (χ2v) is 10.4. The van der Waals surface area contributed by atoms with Crippen LogP contribution in [0.3, 0.4) is 0 Å². The SMILES string of the molecule is O=C1CCC2(CCN1)CCN(S(=O)(=O)c1cc3ccccc3s1)CC2. The van der Waals surface area contributed by atoms with Crippen LogP contribution in [0.15, 0.2) is 34.5 Å². The van der Waals surface area contributed by atoms with E-state index in [4.69, 9.17) is 0 Å². The third-order valence-electron chi connectivity index (χ3n) is 5.64. The normalized spacial score (nSPS) is 22.0. The molecule has 1 N–H and O–H groups in total. The van der Waals surface area contributed by atoms with Crippen molar-refractivity contribution in [2.24, 2.45) is 5.41 Å². The predicted octanol–water partition coefficient (Wildman–Crippen LogP) is 2.97. The molecule has 7 heteroatoms. The molecular weight excluding hydrogens is 356 g/mol. The number of amides is 1. The third-order valence-corrected chi connectivity index (χ3v) is 9.10. The Labute approximate surface area is 152 Å². The van der Waals surface area contributed by atoms with Crippen molar-refractivity contribution in [2.75, 3.05) is 19.6 Å². The summed E-state index contributed by atoms with van der Waals surface area (Å²) in [6.07, 6.45) is 4.06. The Morgan fingerprint density at radius 3 is 2.60 bits per heavy atom. The van der Waals surface area contributed by atoms with E-state index >= 15 is 0 Å². The molecule has 2 fully saturated rings. The van der Waals surface area contributed by atoms with Crippen LogP contribution in [-0.2, 0) is 14.8 Å². The summed E-state index contributed by atoms with van der Waals surface area (Å²) in [6, 6.07) is 9.55. The molecule has 2 aromatic rings. The average molecular weight is 379 g/mol. The Morgan fingerprint density at radius 1 is 1.08 bits per heavy atom. The first kappa shape index (κ1) is 17.0. The van der Waals surface area contributed by atoms with Gasteiger partial charge < -0.3 is 5.32 Å². The first-order valence-electron chi connectivity index (χ1n) is 8.74. The van der Waals surface area contributed by atoms with Crippen molar-refractivity contribution in [1.29, 1.82) is 0 Å². The van der Waals surface area contributed by atoms with E-state index in [9.17, 15) is 13.2 Å². The van der Waals surface area contributed by atoms with E-state index in [0.29, 0.717) is 30.3 Å². The number of benzene rings is 1. The average Bonchev–Trinajstić information content (AvgIpc) is 2.98. The third kappa shape index (κ3) is 3.20. The summed E-state index contributed by atoms with van der Waals surface area (Å²) in [7, 11) is -3.43. The molecule has 0 aliphatic carbocycles. The highest BCUT2D eigenvalue weighted by atomic mass is 32.2. The molecule has 0 bridgehead atoms. The van der Waals surface area contributed by atoms with Crippen LogP contribution >= 0.6 is 11.3 Å². The van der Waals surface area contributed by atoms with Gasteiger partial charge in [0.25, 0.3) is 10.0 Å². The van der Waals surface area contributed by atoms with Crippen molar-refractivity contribution < 1.29 is 13.2 Å². The first-order valence-corrected chi connectivity index (χ1v) is 11.0. The van der Waals surface area contributed by atoms with E-state index < -0.39 is 10.0 Å². The van der Waals surface area contributed by atoms with Crippen LogP contribution in [0.2, 0.25) is 0 Å². The zero-order chi connectivity index (χ0) is 17.5. The maximum atomic E-state index is 13.0. The molecular formula is C18H22N2O3S2. The smallest absolute Gasteiger partial charge is 0.252 e. The number of carbonyl (C=O) groups is 1. The quantitative estimate of drug-likeness (QED) is 0.874. The van der Waals surface area contributed by atoms with Crippen LogP contribution in [0.25, 0.3) is 10.1 Å². The molecule has 5 nitrogen and oxygen atoms in total. The van der Waals surface area contributed by atoms with Gasteiger partial charge in [-0.15, -0.1) is 11.3 Å². The lowest BCUT2D eigenvalue weighted by Gasteiger charge is -2.40. The van der Waals surface area contributed by atoms with Crippen LogP contribution in [0, 0.1) is 5.41 Å². The van der Waals surface area contributed by atoms with Gasteiger partial charge in [0.05, 0.1) is 0 Å². The molecule has 1 aromatic carbocycles. The second-order valence-electron chi connectivity index (χ2n) is 7.11. The van der Waals surface area contributed by atoms with Gasteiger partial charge in [-0.1, -0.05) is 18.2 Å². The highest BCUT2D eigenvalue weighted by molar-refractivity contribution is 7.91. The fraction of sp³-hybridized carbons (Fsp3) is 0.500. The lowest BCUT2D eigenvalue weighted by atomic mass is 9.73. The largest absolute Gasteiger partial charge is 0.356 e. The van der Waals surface area contributed by atoms with Crippen molar-refractivity contribution >= 4 is 37.4 Å². The summed E-state index contributed by atoms with van der Waals surface area (Å²) in [5, 5.41) is 3.91. The summed E-state index contributed by atoms with van der Waals surface area (Å²) in [5.74, 6) is 0.122. The molecule has 2 aliphatic rings. The van der Waals surface area contributed by atoms with Gasteiger partial charge in [-0.05, 0) is 48.6 Å². The number of hydrogen-bond acceptors (Lipinski definition) is 4. The van der Waals surface area contributed by atoms with Gasteiger partial charge in [-0.25, -0.2) is 8.42 Å². The molecule has 134 valence electrons. The summed E-state index contributed by atoms with van der Waals surface area (Å²) in [5.41, 5.74) is 0.116. The van der Waals surface area contributed by atoms with E-state index in [0.717, 1.165) is 35.8 Å². The lowest BCUT2D eigenvalue weighted by Crippen LogP contribution is -2.43. The number of piperidine rings is 1. The number of sulfonamides is 1. The van der Waals surface area contributed by atoms with Crippen LogP contribution < -0.4 is 5.32 Å². The molecule has 0 radical (unpaired) electrons. The lowest BCUT2D eigenvalue weighted by molar-refractivity contribution is -0.120. The maximum Gasteiger partial charge on any atom is 0.252 e. The molecule has 2 aliphatic heterocycles. The van der Waals surface area contributed by atoms with Gasteiger partial charge in [0.15, 0.2) is 0 Å². The van der Waals surface area contributed by atoms with E-state index in [1.165, 1.54) is 11.3 Å². The minimum Gasteiger partial charge on any atom is -0.356 e. The van der Waals surface area contributed by atoms with Crippen molar-refractivity contribution in [3.63, 3.8) is 0 Å². The van der Waals surface area contributed by atoms with Gasteiger partial charge in [0.2, 0.25) is 5.91 Å². The van der Waals surface area contributed by atoms with Crippen LogP contribution in [-0.4, -0.2) is 38.3 Å². The number of fused-ring (bicyclic) bond motifs is 1. The van der Waals surface area contributed by atoms with Gasteiger partial charge in [-0.2, -0.15) is 4.31 Å². The highest BCUT2D eigenvalue weighted by Gasteiger charge is 2.39. The van der Waals surface area contributed by atoms with Crippen molar-refractivity contribution in [2.45, 2.75) is 36.3 Å². The summed E-state index contributed by atoms with van der Waals surface area (Å²) in [4.78, 5) is 11.6. The minimum atomic E-state index is -3.43. The van der Waals surface area contributed by atoms with Gasteiger partial charge >= 0.3 is 0 Å². The van der Waals surface area contributed by atoms with E-state index in [2.05, 4.69) is 5.32 Å². The van der Waals surface area contributed by atoms with Crippen molar-refractivity contribution in [3.05, 3.63) is 30.3 Å². The molecule has 0 unspecified atom stereocenters. The molecule has 25 heavy (non-hydrogen) atoms. The van der Waals surface area contributed by atoms with E-state index in [1.807, 2.05) is 24.3 Å². The minimum absolute atomic E-state index is 0.116. The van der Waals surface area contributed by atoms with Crippen molar-refractivity contribution in [1.82, 2.24) is 9.62 Å². The number of thiophene rings is 1. The zero-order valence-corrected chi connectivity index (χ0v) is 15.7. The second kappa shape index (κ2) is 6.37. The van der Waals surface area contributed by atoms with E-state index in [-0.39, 0.29) is 11.3 Å². The standard InChI is InChI=1S/C18H22N2O3S2/c21-16-5-6-18(7-10-19-16)8-11-20(12-9-18)25(22,23)17-13-14-3-1-2-4-15(14)24-17/h1-4,13H,5-12H2,(H,19,21). The van der Waals surface area contributed by atoms with Crippen LogP contribution in [0.4, 0.5) is 0 Å². The van der Waals surface area contributed by atoms with E-state index in [1.54, 1.807) is 10.4 Å². The molecule has 0 saturated carbocycles. The Bertz CT molecular complexity index is 863. The monoisotopic (exact) mass is 378 g/mol. The Hall–Kier alpha value is -1.44. The van der Waals surface area contributed by atoms with Gasteiger partial charge in [0.1, 0.15) is 4.21 Å². The molecule has 1 aromatic heterocycles. The maximum absolute atomic E-state index is 13.0. The number of carbonyl (C=O) groups excluding carboxylic acids is 1. The number of rotatable bonds is 2. The summed E-state index contributed by atoms with van der Waals surface area (Å²) >= 11 is 1.34. The molecule has 2 saturated heterocycles. The van der Waals surface area contributed by atoms with Gasteiger partial charge in [-0.3, -0.25) is 4.79 Å². The van der Waals surface area contributed by atoms with Crippen LogP contribution in [0.5, 0.6) is 0 Å². The summed E-state index contributed by atoms with van der Waals surface area (Å²) < 4.78 is 29.1. The number of nitrogens with one attached hydrogen (secondary N) is 1. The topological polar surface area (TPSA) is 66.5 Å².